The lowest BCUT2D eigenvalue weighted by Gasteiger charge is -2.12. The topological polar surface area (TPSA) is 21.7 Å². The number of aryl methyl sites for hydroxylation is 3. The van der Waals surface area contributed by atoms with Gasteiger partial charge in [0.2, 0.25) is 5.69 Å². The van der Waals surface area contributed by atoms with Crippen LogP contribution in [-0.2, 0) is 13.5 Å². The highest BCUT2D eigenvalue weighted by Gasteiger charge is 2.28. The van der Waals surface area contributed by atoms with E-state index in [1.54, 1.807) is 0 Å². The monoisotopic (exact) mass is 326 g/mol. The van der Waals surface area contributed by atoms with E-state index in [9.17, 15) is 0 Å². The van der Waals surface area contributed by atoms with Crippen LogP contribution < -0.4 is 4.57 Å². The van der Waals surface area contributed by atoms with E-state index in [1.165, 1.54) is 39.2 Å². The maximum Gasteiger partial charge on any atom is 0.212 e. The quantitative estimate of drug-likeness (QED) is 0.426. The summed E-state index contributed by atoms with van der Waals surface area (Å²) < 4.78 is 4.55. The summed E-state index contributed by atoms with van der Waals surface area (Å²) in [6, 6.07) is 17.3. The summed E-state index contributed by atoms with van der Waals surface area (Å²) in [6.07, 6.45) is 3.08. The second-order valence-electron chi connectivity index (χ2n) is 6.99. The summed E-state index contributed by atoms with van der Waals surface area (Å²) in [4.78, 5) is 4.87. The number of para-hydroxylation sites is 2. The highest BCUT2D eigenvalue weighted by Crippen LogP contribution is 2.38. The Bertz CT molecular complexity index is 1150. The molecule has 0 amide bonds. The van der Waals surface area contributed by atoms with Crippen LogP contribution >= 0.6 is 0 Å². The molecule has 0 radical (unpaired) electrons. The third kappa shape index (κ3) is 1.99. The predicted octanol–water partition coefficient (Wildman–Crippen LogP) is 4.04. The number of nitrogens with zero attached hydrogens (tertiary/aromatic N) is 3. The van der Waals surface area contributed by atoms with Crippen LogP contribution in [0.4, 0.5) is 0 Å². The van der Waals surface area contributed by atoms with Crippen molar-refractivity contribution in [3.63, 3.8) is 0 Å². The lowest BCUT2D eigenvalue weighted by Crippen LogP contribution is -2.31. The Morgan fingerprint density at radius 2 is 1.84 bits per heavy atom. The van der Waals surface area contributed by atoms with Gasteiger partial charge in [-0.3, -0.25) is 4.57 Å². The highest BCUT2D eigenvalue weighted by molar-refractivity contribution is 5.82. The molecule has 5 rings (SSSR count). The van der Waals surface area contributed by atoms with Crippen molar-refractivity contribution in [2.45, 2.75) is 20.3 Å². The average Bonchev–Trinajstić information content (AvgIpc) is 3.11. The van der Waals surface area contributed by atoms with Gasteiger partial charge in [0, 0.05) is 18.1 Å². The Kier molecular flexibility index (Phi) is 2.90. The molecule has 0 spiro atoms. The van der Waals surface area contributed by atoms with Gasteiger partial charge >= 0.3 is 0 Å². The van der Waals surface area contributed by atoms with Crippen molar-refractivity contribution in [1.29, 1.82) is 0 Å². The van der Waals surface area contributed by atoms with Crippen LogP contribution in [-0.4, -0.2) is 9.55 Å². The van der Waals surface area contributed by atoms with E-state index < -0.39 is 0 Å². The Labute approximate surface area is 147 Å². The average molecular weight is 326 g/mol. The molecule has 0 bridgehead atoms. The Morgan fingerprint density at radius 1 is 1.00 bits per heavy atom. The van der Waals surface area contributed by atoms with Gasteiger partial charge in [-0.1, -0.05) is 18.2 Å². The number of rotatable bonds is 1. The first-order valence-corrected chi connectivity index (χ1v) is 8.69. The number of aromatic nitrogens is 3. The third-order valence-electron chi connectivity index (χ3n) is 5.24. The van der Waals surface area contributed by atoms with Gasteiger partial charge in [-0.05, 0) is 49.2 Å². The van der Waals surface area contributed by atoms with Crippen LogP contribution in [0.25, 0.3) is 28.0 Å². The zero-order valence-electron chi connectivity index (χ0n) is 14.7. The van der Waals surface area contributed by atoms with E-state index in [0.717, 1.165) is 17.8 Å². The van der Waals surface area contributed by atoms with E-state index >= 15 is 0 Å². The first-order chi connectivity index (χ1) is 12.1. The molecule has 2 aromatic heterocycles. The summed E-state index contributed by atoms with van der Waals surface area (Å²) in [5, 5.41) is 0. The van der Waals surface area contributed by atoms with E-state index in [2.05, 4.69) is 84.8 Å². The van der Waals surface area contributed by atoms with E-state index in [4.69, 9.17) is 4.98 Å². The Hall–Kier alpha value is -2.94. The summed E-state index contributed by atoms with van der Waals surface area (Å²) in [5.41, 5.74) is 10.1. The first kappa shape index (κ1) is 14.4. The second kappa shape index (κ2) is 5.03. The Balaban J connectivity index is 1.80. The molecule has 0 saturated heterocycles. The molecule has 0 aliphatic carbocycles. The predicted molar refractivity (Wildman–Crippen MR) is 100.0 cm³/mol. The molecular weight excluding hydrogens is 306 g/mol. The molecule has 1 aliphatic rings. The molecule has 0 unspecified atom stereocenters. The standard InChI is InChI=1S/C22H20N3/c1-14-8-10-20(24(3)13-14)22-15(2)9-11-18-16(22)12-21-23-17-6-4-5-7-19(17)25(18)21/h4-11,13H,12H2,1-3H3/q+1. The van der Waals surface area contributed by atoms with Gasteiger partial charge in [0.1, 0.15) is 12.9 Å². The molecular formula is C22H20N3+. The van der Waals surface area contributed by atoms with Crippen molar-refractivity contribution in [3.05, 3.63) is 77.2 Å². The minimum Gasteiger partial charge on any atom is -0.296 e. The minimum atomic E-state index is 0.884. The molecule has 0 saturated carbocycles. The van der Waals surface area contributed by atoms with E-state index in [1.807, 2.05) is 0 Å². The fourth-order valence-electron chi connectivity index (χ4n) is 4.13. The van der Waals surface area contributed by atoms with E-state index in [0.29, 0.717) is 0 Å². The number of pyridine rings is 1. The summed E-state index contributed by atoms with van der Waals surface area (Å²) >= 11 is 0. The summed E-state index contributed by atoms with van der Waals surface area (Å²) in [5.74, 6) is 1.14. The SMILES string of the molecule is Cc1ccc(-c2c(C)ccc3c2Cc2nc4ccccc4n2-3)[n+](C)c1. The van der Waals surface area contributed by atoms with Gasteiger partial charge in [0.25, 0.3) is 0 Å². The smallest absolute Gasteiger partial charge is 0.212 e. The molecule has 2 aromatic carbocycles. The molecule has 1 aliphatic heterocycles. The van der Waals surface area contributed by atoms with Gasteiger partial charge < -0.3 is 0 Å². The molecule has 4 aromatic rings. The van der Waals surface area contributed by atoms with Crippen LogP contribution in [0.3, 0.4) is 0 Å². The normalized spacial score (nSPS) is 12.4. The highest BCUT2D eigenvalue weighted by atomic mass is 15.1. The molecule has 3 heterocycles. The molecule has 0 fully saturated rings. The van der Waals surface area contributed by atoms with Gasteiger partial charge in [-0.15, -0.1) is 0 Å². The van der Waals surface area contributed by atoms with Crippen LogP contribution in [0, 0.1) is 13.8 Å². The minimum absolute atomic E-state index is 0.884. The lowest BCUT2D eigenvalue weighted by atomic mass is 9.95. The summed E-state index contributed by atoms with van der Waals surface area (Å²) in [6.45, 7) is 4.34. The number of fused-ring (bicyclic) bond motifs is 5. The van der Waals surface area contributed by atoms with Crippen LogP contribution in [0.1, 0.15) is 22.5 Å². The van der Waals surface area contributed by atoms with Gasteiger partial charge in [0.05, 0.1) is 22.3 Å². The molecule has 25 heavy (non-hydrogen) atoms. The van der Waals surface area contributed by atoms with Gasteiger partial charge in [0.15, 0.2) is 6.20 Å². The molecule has 0 atom stereocenters. The van der Waals surface area contributed by atoms with Crippen LogP contribution in [0.2, 0.25) is 0 Å². The maximum atomic E-state index is 4.87. The number of benzene rings is 2. The lowest BCUT2D eigenvalue weighted by molar-refractivity contribution is -0.660. The van der Waals surface area contributed by atoms with Crippen LogP contribution in [0.5, 0.6) is 0 Å². The molecule has 122 valence electrons. The van der Waals surface area contributed by atoms with E-state index in [-0.39, 0.29) is 0 Å². The first-order valence-electron chi connectivity index (χ1n) is 8.69. The second-order valence-corrected chi connectivity index (χ2v) is 6.99. The largest absolute Gasteiger partial charge is 0.296 e. The third-order valence-corrected chi connectivity index (χ3v) is 5.24. The van der Waals surface area contributed by atoms with Crippen molar-refractivity contribution < 1.29 is 4.57 Å². The fourth-order valence-corrected chi connectivity index (χ4v) is 4.13. The molecule has 3 nitrogen and oxygen atoms in total. The zero-order chi connectivity index (χ0) is 17.1. The number of hydrogen-bond donors (Lipinski definition) is 0. The maximum absolute atomic E-state index is 4.87. The zero-order valence-corrected chi connectivity index (χ0v) is 14.7. The van der Waals surface area contributed by atoms with Crippen molar-refractivity contribution in [3.8, 4) is 16.9 Å². The Morgan fingerprint density at radius 3 is 2.68 bits per heavy atom. The molecule has 0 N–H and O–H groups in total. The van der Waals surface area contributed by atoms with Crippen LogP contribution in [0.15, 0.2) is 54.7 Å². The fraction of sp³-hybridized carbons (Fsp3) is 0.182. The van der Waals surface area contributed by atoms with Crippen molar-refractivity contribution >= 4 is 11.0 Å². The number of hydrogen-bond acceptors (Lipinski definition) is 1. The van der Waals surface area contributed by atoms with Crippen molar-refractivity contribution in [2.75, 3.05) is 0 Å². The van der Waals surface area contributed by atoms with Gasteiger partial charge in [-0.25, -0.2) is 9.55 Å². The van der Waals surface area contributed by atoms with Gasteiger partial charge in [-0.2, -0.15) is 0 Å². The molecule has 3 heteroatoms. The number of imidazole rings is 1. The summed E-state index contributed by atoms with van der Waals surface area (Å²) in [7, 11) is 2.13. The van der Waals surface area contributed by atoms with Crippen molar-refractivity contribution in [2.24, 2.45) is 7.05 Å². The van der Waals surface area contributed by atoms with Crippen molar-refractivity contribution in [1.82, 2.24) is 9.55 Å².